The van der Waals surface area contributed by atoms with Gasteiger partial charge >= 0.3 is 0 Å². The summed E-state index contributed by atoms with van der Waals surface area (Å²) in [5.74, 6) is 1.28. The van der Waals surface area contributed by atoms with Gasteiger partial charge in [-0.3, -0.25) is 9.67 Å². The summed E-state index contributed by atoms with van der Waals surface area (Å²) in [6, 6.07) is 4.02. The fourth-order valence-electron chi connectivity index (χ4n) is 2.80. The van der Waals surface area contributed by atoms with E-state index in [0.29, 0.717) is 12.5 Å². The van der Waals surface area contributed by atoms with Crippen LogP contribution in [0.3, 0.4) is 0 Å². The third-order valence-electron chi connectivity index (χ3n) is 4.08. The van der Waals surface area contributed by atoms with Crippen LogP contribution in [0, 0.1) is 6.92 Å². The highest BCUT2D eigenvalue weighted by Gasteiger charge is 2.15. The topological polar surface area (TPSA) is 58.3 Å². The molecule has 0 bridgehead atoms. The van der Waals surface area contributed by atoms with Crippen LogP contribution in [0.1, 0.15) is 49.2 Å². The lowest BCUT2D eigenvalue weighted by molar-refractivity contribution is 0.473. The first-order valence-corrected chi connectivity index (χ1v) is 8.84. The Bertz CT molecular complexity index is 716. The first kappa shape index (κ1) is 19.0. The molecular weight excluding hydrogens is 312 g/mol. The number of nitrogens with zero attached hydrogens (tertiary/aromatic N) is 5. The minimum absolute atomic E-state index is 0.403. The molecule has 2 aromatic rings. The molecule has 136 valence electrons. The number of aryl methyl sites for hydroxylation is 2. The lowest BCUT2D eigenvalue weighted by Crippen LogP contribution is -2.38. The van der Waals surface area contributed by atoms with E-state index in [1.807, 2.05) is 24.0 Å². The lowest BCUT2D eigenvalue weighted by Gasteiger charge is -2.22. The Hall–Kier alpha value is -2.37. The molecule has 0 aliphatic heterocycles. The van der Waals surface area contributed by atoms with Gasteiger partial charge in [0.15, 0.2) is 5.96 Å². The molecule has 0 aliphatic carbocycles. The molecule has 0 amide bonds. The number of rotatable bonds is 6. The van der Waals surface area contributed by atoms with Crippen molar-refractivity contribution in [1.29, 1.82) is 0 Å². The molecule has 0 atom stereocenters. The highest BCUT2D eigenvalue weighted by atomic mass is 15.3. The summed E-state index contributed by atoms with van der Waals surface area (Å²) in [5.41, 5.74) is 4.56. The number of pyridine rings is 1. The van der Waals surface area contributed by atoms with Crippen LogP contribution in [0.15, 0.2) is 29.5 Å². The van der Waals surface area contributed by atoms with Gasteiger partial charge in [-0.1, -0.05) is 19.9 Å². The highest BCUT2D eigenvalue weighted by molar-refractivity contribution is 5.79. The van der Waals surface area contributed by atoms with Crippen LogP contribution >= 0.6 is 0 Å². The zero-order chi connectivity index (χ0) is 18.4. The first-order valence-electron chi connectivity index (χ1n) is 8.84. The van der Waals surface area contributed by atoms with E-state index in [1.54, 1.807) is 0 Å². The van der Waals surface area contributed by atoms with Gasteiger partial charge in [-0.25, -0.2) is 4.99 Å². The number of hydrogen-bond donors (Lipinski definition) is 1. The Morgan fingerprint density at radius 3 is 2.80 bits per heavy atom. The van der Waals surface area contributed by atoms with Crippen LogP contribution in [0.25, 0.3) is 0 Å². The SMILES string of the molecule is CCNC(=NCc1ncccc1C)N(C)Cc1cn(C)nc1C(C)C. The molecule has 0 aliphatic rings. The molecule has 0 saturated carbocycles. The van der Waals surface area contributed by atoms with Gasteiger partial charge in [-0.05, 0) is 31.4 Å². The van der Waals surface area contributed by atoms with Gasteiger partial charge < -0.3 is 10.2 Å². The van der Waals surface area contributed by atoms with Crippen molar-refractivity contribution in [3.8, 4) is 0 Å². The van der Waals surface area contributed by atoms with Crippen molar-refractivity contribution in [3.63, 3.8) is 0 Å². The second-order valence-electron chi connectivity index (χ2n) is 6.66. The Balaban J connectivity index is 2.16. The second kappa shape index (κ2) is 8.65. The molecule has 0 fully saturated rings. The predicted octanol–water partition coefficient (Wildman–Crippen LogP) is 2.84. The Labute approximate surface area is 151 Å². The predicted molar refractivity (Wildman–Crippen MR) is 103 cm³/mol. The lowest BCUT2D eigenvalue weighted by atomic mass is 10.1. The quantitative estimate of drug-likeness (QED) is 0.648. The molecule has 6 nitrogen and oxygen atoms in total. The molecule has 25 heavy (non-hydrogen) atoms. The number of guanidine groups is 1. The highest BCUT2D eigenvalue weighted by Crippen LogP contribution is 2.18. The van der Waals surface area contributed by atoms with E-state index in [4.69, 9.17) is 4.99 Å². The molecule has 0 radical (unpaired) electrons. The average molecular weight is 342 g/mol. The maximum absolute atomic E-state index is 4.76. The number of nitrogens with one attached hydrogen (secondary N) is 1. The standard InChI is InChI=1S/C19H30N6/c1-7-20-19(22-11-17-15(4)9-8-10-21-17)24(5)12-16-13-25(6)23-18(16)14(2)3/h8-10,13-14H,7,11-12H2,1-6H3,(H,20,22). The van der Waals surface area contributed by atoms with Crippen LogP contribution in [-0.2, 0) is 20.1 Å². The minimum atomic E-state index is 0.403. The summed E-state index contributed by atoms with van der Waals surface area (Å²) in [5, 5.41) is 7.96. The zero-order valence-corrected chi connectivity index (χ0v) is 16.2. The van der Waals surface area contributed by atoms with Crippen molar-refractivity contribution >= 4 is 5.96 Å². The van der Waals surface area contributed by atoms with Crippen LogP contribution in [0.5, 0.6) is 0 Å². The normalized spacial score (nSPS) is 11.9. The van der Waals surface area contributed by atoms with E-state index in [-0.39, 0.29) is 0 Å². The van der Waals surface area contributed by atoms with Gasteiger partial charge in [0, 0.05) is 45.1 Å². The smallest absolute Gasteiger partial charge is 0.194 e. The molecule has 0 unspecified atom stereocenters. The van der Waals surface area contributed by atoms with Gasteiger partial charge in [0.05, 0.1) is 17.9 Å². The van der Waals surface area contributed by atoms with Gasteiger partial charge in [0.25, 0.3) is 0 Å². The van der Waals surface area contributed by atoms with Crippen LogP contribution in [-0.4, -0.2) is 39.2 Å². The third kappa shape index (κ3) is 5.05. The number of aromatic nitrogens is 3. The largest absolute Gasteiger partial charge is 0.357 e. The van der Waals surface area contributed by atoms with E-state index in [2.05, 4.69) is 67.3 Å². The molecule has 2 aromatic heterocycles. The van der Waals surface area contributed by atoms with Crippen LogP contribution in [0.4, 0.5) is 0 Å². The molecule has 6 heteroatoms. The second-order valence-corrected chi connectivity index (χ2v) is 6.66. The van der Waals surface area contributed by atoms with Crippen molar-refractivity contribution in [2.75, 3.05) is 13.6 Å². The minimum Gasteiger partial charge on any atom is -0.357 e. The van der Waals surface area contributed by atoms with Crippen molar-refractivity contribution in [1.82, 2.24) is 25.0 Å². The Morgan fingerprint density at radius 2 is 2.16 bits per heavy atom. The Morgan fingerprint density at radius 1 is 1.40 bits per heavy atom. The molecule has 2 heterocycles. The maximum Gasteiger partial charge on any atom is 0.194 e. The van der Waals surface area contributed by atoms with E-state index in [0.717, 1.165) is 30.4 Å². The average Bonchev–Trinajstić information content (AvgIpc) is 2.93. The monoisotopic (exact) mass is 342 g/mol. The summed E-state index contributed by atoms with van der Waals surface area (Å²) in [6.45, 7) is 10.7. The van der Waals surface area contributed by atoms with E-state index in [9.17, 15) is 0 Å². The first-order chi connectivity index (χ1) is 11.9. The van der Waals surface area contributed by atoms with Gasteiger partial charge in [0.2, 0.25) is 0 Å². The molecule has 2 rings (SSSR count). The molecular formula is C19H30N6. The van der Waals surface area contributed by atoms with E-state index in [1.165, 1.54) is 11.1 Å². The third-order valence-corrected chi connectivity index (χ3v) is 4.08. The van der Waals surface area contributed by atoms with Crippen molar-refractivity contribution in [2.45, 2.75) is 46.7 Å². The fraction of sp³-hybridized carbons (Fsp3) is 0.526. The summed E-state index contributed by atoms with van der Waals surface area (Å²) in [6.07, 6.45) is 3.91. The maximum atomic E-state index is 4.76. The summed E-state index contributed by atoms with van der Waals surface area (Å²) >= 11 is 0. The molecule has 1 N–H and O–H groups in total. The van der Waals surface area contributed by atoms with Gasteiger partial charge in [0.1, 0.15) is 0 Å². The van der Waals surface area contributed by atoms with Crippen molar-refractivity contribution in [3.05, 3.63) is 47.0 Å². The van der Waals surface area contributed by atoms with Gasteiger partial charge in [-0.2, -0.15) is 5.10 Å². The van der Waals surface area contributed by atoms with E-state index < -0.39 is 0 Å². The molecule has 0 aromatic carbocycles. The summed E-state index contributed by atoms with van der Waals surface area (Å²) in [4.78, 5) is 11.3. The summed E-state index contributed by atoms with van der Waals surface area (Å²) < 4.78 is 1.89. The molecule has 0 spiro atoms. The molecule has 0 saturated heterocycles. The fourth-order valence-corrected chi connectivity index (χ4v) is 2.80. The summed E-state index contributed by atoms with van der Waals surface area (Å²) in [7, 11) is 4.03. The Kier molecular flexibility index (Phi) is 6.56. The number of aliphatic imine (C=N–C) groups is 1. The van der Waals surface area contributed by atoms with Crippen molar-refractivity contribution < 1.29 is 0 Å². The zero-order valence-electron chi connectivity index (χ0n) is 16.2. The van der Waals surface area contributed by atoms with Crippen LogP contribution < -0.4 is 5.32 Å². The van der Waals surface area contributed by atoms with Crippen LogP contribution in [0.2, 0.25) is 0 Å². The van der Waals surface area contributed by atoms with Crippen molar-refractivity contribution in [2.24, 2.45) is 12.0 Å². The van der Waals surface area contributed by atoms with E-state index >= 15 is 0 Å². The van der Waals surface area contributed by atoms with Gasteiger partial charge in [-0.15, -0.1) is 0 Å². The number of hydrogen-bond acceptors (Lipinski definition) is 3.